The number of halogens is 3. The molecule has 0 spiro atoms. The number of hydrogen-bond acceptors (Lipinski definition) is 3. The molecule has 0 unspecified atom stereocenters. The normalized spacial score (nSPS) is 11.5. The summed E-state index contributed by atoms with van der Waals surface area (Å²) in [5, 5.41) is 3.15. The van der Waals surface area contributed by atoms with Crippen molar-refractivity contribution in [3.05, 3.63) is 78.9 Å². The van der Waals surface area contributed by atoms with E-state index in [9.17, 15) is 18.0 Å². The van der Waals surface area contributed by atoms with Gasteiger partial charge in [0.1, 0.15) is 5.65 Å². The number of nitrogens with zero attached hydrogens (tertiary/aromatic N) is 2. The second kappa shape index (κ2) is 7.71. The van der Waals surface area contributed by atoms with E-state index in [-0.39, 0.29) is 11.3 Å². The van der Waals surface area contributed by atoms with Gasteiger partial charge in [-0.1, -0.05) is 6.58 Å². The summed E-state index contributed by atoms with van der Waals surface area (Å²) in [7, 11) is 0. The monoisotopic (exact) mass is 422 g/mol. The van der Waals surface area contributed by atoms with Crippen LogP contribution < -0.4 is 5.32 Å². The van der Waals surface area contributed by atoms with Crippen LogP contribution in [-0.2, 0) is 11.0 Å². The SMILES string of the molecule is C=CC(=O)Nc1cc(-c2cnc3[nH]cc(-c4cncc(C)c4)c3c2)cc(C(F)(F)F)c1. The van der Waals surface area contributed by atoms with E-state index in [1.54, 1.807) is 24.7 Å². The zero-order chi connectivity index (χ0) is 22.2. The molecular formula is C23H17F3N4O. The molecule has 0 bridgehead atoms. The van der Waals surface area contributed by atoms with E-state index in [2.05, 4.69) is 26.8 Å². The molecule has 0 radical (unpaired) electrons. The molecule has 3 heterocycles. The molecule has 4 aromatic rings. The molecular weight excluding hydrogens is 405 g/mol. The number of amides is 1. The molecule has 4 rings (SSSR count). The number of aryl methyl sites for hydroxylation is 1. The zero-order valence-corrected chi connectivity index (χ0v) is 16.4. The minimum Gasteiger partial charge on any atom is -0.346 e. The van der Waals surface area contributed by atoms with Gasteiger partial charge in [0, 0.05) is 52.6 Å². The Kier molecular flexibility index (Phi) is 5.06. The highest BCUT2D eigenvalue weighted by Gasteiger charge is 2.31. The molecule has 0 saturated heterocycles. The van der Waals surface area contributed by atoms with Gasteiger partial charge in [-0.2, -0.15) is 13.2 Å². The molecule has 0 fully saturated rings. The Morgan fingerprint density at radius 2 is 1.87 bits per heavy atom. The third-order valence-electron chi connectivity index (χ3n) is 4.76. The van der Waals surface area contributed by atoms with Gasteiger partial charge in [0.2, 0.25) is 5.91 Å². The molecule has 0 aliphatic carbocycles. The Morgan fingerprint density at radius 1 is 1.06 bits per heavy atom. The van der Waals surface area contributed by atoms with Gasteiger partial charge in [-0.3, -0.25) is 9.78 Å². The third kappa shape index (κ3) is 4.18. The molecule has 156 valence electrons. The largest absolute Gasteiger partial charge is 0.416 e. The van der Waals surface area contributed by atoms with Crippen LogP contribution >= 0.6 is 0 Å². The van der Waals surface area contributed by atoms with Crippen LogP contribution in [0.5, 0.6) is 0 Å². The van der Waals surface area contributed by atoms with Crippen molar-refractivity contribution < 1.29 is 18.0 Å². The van der Waals surface area contributed by atoms with Gasteiger partial charge >= 0.3 is 6.18 Å². The number of aromatic nitrogens is 3. The second-order valence-electron chi connectivity index (χ2n) is 7.06. The van der Waals surface area contributed by atoms with Crippen LogP contribution in [0.15, 0.2) is 67.8 Å². The fraction of sp³-hybridized carbons (Fsp3) is 0.0870. The number of hydrogen-bond donors (Lipinski definition) is 2. The minimum absolute atomic E-state index is 0.0204. The predicted molar refractivity (Wildman–Crippen MR) is 113 cm³/mol. The highest BCUT2D eigenvalue weighted by Crippen LogP contribution is 2.36. The Balaban J connectivity index is 1.86. The molecule has 0 atom stereocenters. The molecule has 0 aliphatic heterocycles. The third-order valence-corrected chi connectivity index (χ3v) is 4.76. The summed E-state index contributed by atoms with van der Waals surface area (Å²) in [5.74, 6) is -0.598. The smallest absolute Gasteiger partial charge is 0.346 e. The van der Waals surface area contributed by atoms with Crippen LogP contribution in [0.3, 0.4) is 0 Å². The maximum Gasteiger partial charge on any atom is 0.416 e. The fourth-order valence-corrected chi connectivity index (χ4v) is 3.33. The second-order valence-corrected chi connectivity index (χ2v) is 7.06. The van der Waals surface area contributed by atoms with Crippen molar-refractivity contribution in [3.8, 4) is 22.3 Å². The quantitative estimate of drug-likeness (QED) is 0.412. The number of alkyl halides is 3. The zero-order valence-electron chi connectivity index (χ0n) is 16.4. The van der Waals surface area contributed by atoms with Crippen LogP contribution in [0.1, 0.15) is 11.1 Å². The number of anilines is 1. The van der Waals surface area contributed by atoms with Gasteiger partial charge in [-0.25, -0.2) is 4.98 Å². The lowest BCUT2D eigenvalue weighted by molar-refractivity contribution is -0.137. The van der Waals surface area contributed by atoms with Crippen LogP contribution in [0.2, 0.25) is 0 Å². The summed E-state index contributed by atoms with van der Waals surface area (Å²) in [6, 6.07) is 7.13. The highest BCUT2D eigenvalue weighted by molar-refractivity contribution is 6.00. The topological polar surface area (TPSA) is 70.7 Å². The van der Waals surface area contributed by atoms with Crippen LogP contribution in [0.4, 0.5) is 18.9 Å². The lowest BCUT2D eigenvalue weighted by Crippen LogP contribution is -2.10. The molecule has 1 aromatic carbocycles. The molecule has 31 heavy (non-hydrogen) atoms. The predicted octanol–water partition coefficient (Wildman–Crippen LogP) is 5.74. The van der Waals surface area contributed by atoms with Crippen LogP contribution in [0, 0.1) is 6.92 Å². The average Bonchev–Trinajstić information content (AvgIpc) is 3.16. The Labute approximate surface area is 175 Å². The van der Waals surface area contributed by atoms with Gasteiger partial charge in [0.15, 0.2) is 0 Å². The van der Waals surface area contributed by atoms with Gasteiger partial charge < -0.3 is 10.3 Å². The first-order chi connectivity index (χ1) is 14.7. The number of rotatable bonds is 4. The van der Waals surface area contributed by atoms with E-state index in [1.807, 2.05) is 13.0 Å². The number of carbonyl (C=O) groups excluding carboxylic acids is 1. The van der Waals surface area contributed by atoms with Crippen molar-refractivity contribution in [2.24, 2.45) is 0 Å². The Morgan fingerprint density at radius 3 is 2.58 bits per heavy atom. The molecule has 2 N–H and O–H groups in total. The molecule has 1 amide bonds. The van der Waals surface area contributed by atoms with Crippen molar-refractivity contribution >= 4 is 22.6 Å². The fourth-order valence-electron chi connectivity index (χ4n) is 3.33. The Bertz CT molecular complexity index is 1310. The summed E-state index contributed by atoms with van der Waals surface area (Å²) >= 11 is 0. The lowest BCUT2D eigenvalue weighted by Gasteiger charge is -2.13. The molecule has 0 saturated carbocycles. The summed E-state index contributed by atoms with van der Waals surface area (Å²) in [6.07, 6.45) is 3.16. The van der Waals surface area contributed by atoms with Crippen LogP contribution in [0.25, 0.3) is 33.3 Å². The van der Waals surface area contributed by atoms with Crippen molar-refractivity contribution in [2.75, 3.05) is 5.32 Å². The summed E-state index contributed by atoms with van der Waals surface area (Å²) < 4.78 is 40.3. The first-order valence-corrected chi connectivity index (χ1v) is 9.30. The van der Waals surface area contributed by atoms with Crippen molar-refractivity contribution in [1.82, 2.24) is 15.0 Å². The number of carbonyl (C=O) groups is 1. The first-order valence-electron chi connectivity index (χ1n) is 9.30. The number of nitrogens with one attached hydrogen (secondary N) is 2. The van der Waals surface area contributed by atoms with E-state index in [0.29, 0.717) is 11.2 Å². The molecule has 3 aromatic heterocycles. The van der Waals surface area contributed by atoms with E-state index in [4.69, 9.17) is 0 Å². The van der Waals surface area contributed by atoms with E-state index >= 15 is 0 Å². The van der Waals surface area contributed by atoms with Gasteiger partial charge in [0.25, 0.3) is 0 Å². The Hall–Kier alpha value is -3.94. The number of benzene rings is 1. The summed E-state index contributed by atoms with van der Waals surface area (Å²) in [6.45, 7) is 5.26. The van der Waals surface area contributed by atoms with Crippen molar-refractivity contribution in [1.29, 1.82) is 0 Å². The average molecular weight is 422 g/mol. The molecule has 8 heteroatoms. The maximum atomic E-state index is 13.4. The number of pyridine rings is 2. The molecule has 0 aliphatic rings. The van der Waals surface area contributed by atoms with Crippen molar-refractivity contribution in [2.45, 2.75) is 13.1 Å². The number of aromatic amines is 1. The minimum atomic E-state index is -4.58. The van der Waals surface area contributed by atoms with Crippen LogP contribution in [-0.4, -0.2) is 20.9 Å². The highest BCUT2D eigenvalue weighted by atomic mass is 19.4. The van der Waals surface area contributed by atoms with Gasteiger partial charge in [0.05, 0.1) is 5.56 Å². The van der Waals surface area contributed by atoms with Gasteiger partial charge in [-0.15, -0.1) is 0 Å². The lowest BCUT2D eigenvalue weighted by atomic mass is 10.00. The van der Waals surface area contributed by atoms with Gasteiger partial charge in [-0.05, 0) is 54.5 Å². The van der Waals surface area contributed by atoms with E-state index in [0.717, 1.165) is 40.3 Å². The summed E-state index contributed by atoms with van der Waals surface area (Å²) in [4.78, 5) is 23.3. The molecule has 5 nitrogen and oxygen atoms in total. The van der Waals surface area contributed by atoms with E-state index in [1.165, 1.54) is 12.3 Å². The van der Waals surface area contributed by atoms with E-state index < -0.39 is 17.6 Å². The number of fused-ring (bicyclic) bond motifs is 1. The standard InChI is InChI=1S/C23H17F3N4O/c1-3-21(31)30-18-6-14(5-17(8-18)23(24,25)26)15-7-19-20(12-29-22(19)28-11-15)16-4-13(2)9-27-10-16/h3-12H,1H2,2H3,(H,28,29)(H,30,31). The first kappa shape index (κ1) is 20.3. The maximum absolute atomic E-state index is 13.4. The summed E-state index contributed by atoms with van der Waals surface area (Å²) in [5.41, 5.74) is 3.20. The number of H-pyrrole nitrogens is 1. The van der Waals surface area contributed by atoms with Crippen molar-refractivity contribution in [3.63, 3.8) is 0 Å².